The van der Waals surface area contributed by atoms with Crippen LogP contribution in [0.5, 0.6) is 5.75 Å². The van der Waals surface area contributed by atoms with Crippen molar-refractivity contribution < 1.29 is 13.9 Å². The van der Waals surface area contributed by atoms with E-state index in [1.807, 2.05) is 60.7 Å². The summed E-state index contributed by atoms with van der Waals surface area (Å²) in [6, 6.07) is 22.0. The number of ether oxygens (including phenoxy) is 1. The summed E-state index contributed by atoms with van der Waals surface area (Å²) in [5.74, 6) is 0.805. The van der Waals surface area contributed by atoms with E-state index in [4.69, 9.17) is 9.15 Å². The van der Waals surface area contributed by atoms with Crippen molar-refractivity contribution in [3.05, 3.63) is 111 Å². The number of aryl methyl sites for hydroxylation is 1. The summed E-state index contributed by atoms with van der Waals surface area (Å²) >= 11 is 1.15. The molecule has 5 aromatic rings. The summed E-state index contributed by atoms with van der Waals surface area (Å²) in [6.07, 6.45) is 1.56. The Labute approximate surface area is 210 Å². The Morgan fingerprint density at radius 1 is 1.06 bits per heavy atom. The number of carbonyl (C=O) groups excluding carboxylic acids is 1. The Balaban J connectivity index is 1.24. The van der Waals surface area contributed by atoms with Gasteiger partial charge >= 0.3 is 0 Å². The zero-order valence-corrected chi connectivity index (χ0v) is 20.1. The van der Waals surface area contributed by atoms with Crippen LogP contribution in [0.15, 0.2) is 88.2 Å². The van der Waals surface area contributed by atoms with Gasteiger partial charge in [-0.25, -0.2) is 4.98 Å². The molecule has 180 valence electrons. The van der Waals surface area contributed by atoms with Gasteiger partial charge in [0.2, 0.25) is 5.89 Å². The number of nitrogens with one attached hydrogen (secondary N) is 1. The minimum absolute atomic E-state index is 0.0192. The zero-order chi connectivity index (χ0) is 24.9. The van der Waals surface area contributed by atoms with Crippen LogP contribution in [0.2, 0.25) is 0 Å². The fraction of sp³-hybridized carbons (Fsp3) is 0.115. The Kier molecular flexibility index (Phi) is 6.67. The van der Waals surface area contributed by atoms with Gasteiger partial charge in [0, 0.05) is 24.4 Å². The topological polar surface area (TPSA) is 112 Å². The standard InChI is InChI=1S/C26H21N5O4S/c1-17-23(24(33)27-15-18-8-4-2-5-9-18)36-26(28-17)31-13-12-20(14-22(31)32)34-16-21-29-30-25(35-21)19-10-6-3-7-11-19/h2-14H,15-16H2,1H3,(H,27,33). The van der Waals surface area contributed by atoms with E-state index >= 15 is 0 Å². The molecule has 0 spiro atoms. The first-order chi connectivity index (χ1) is 17.6. The SMILES string of the molecule is Cc1nc(-n2ccc(OCc3nnc(-c4ccccc4)o3)cc2=O)sc1C(=O)NCc1ccccc1. The van der Waals surface area contributed by atoms with Gasteiger partial charge in [0.1, 0.15) is 10.6 Å². The van der Waals surface area contributed by atoms with Crippen LogP contribution in [0.25, 0.3) is 16.6 Å². The Bertz CT molecular complexity index is 1540. The predicted octanol–water partition coefficient (Wildman–Crippen LogP) is 4.16. The molecule has 10 heteroatoms. The first-order valence-electron chi connectivity index (χ1n) is 11.1. The Hall–Kier alpha value is -4.57. The highest BCUT2D eigenvalue weighted by atomic mass is 32.1. The lowest BCUT2D eigenvalue weighted by molar-refractivity contribution is 0.0954. The predicted molar refractivity (Wildman–Crippen MR) is 134 cm³/mol. The van der Waals surface area contributed by atoms with E-state index in [2.05, 4.69) is 20.5 Å². The summed E-state index contributed by atoms with van der Waals surface area (Å²) < 4.78 is 12.7. The smallest absolute Gasteiger partial charge is 0.263 e. The van der Waals surface area contributed by atoms with E-state index in [1.54, 1.807) is 19.2 Å². The van der Waals surface area contributed by atoms with E-state index in [9.17, 15) is 9.59 Å². The molecule has 1 amide bonds. The number of carbonyl (C=O) groups is 1. The molecule has 0 aliphatic carbocycles. The number of amides is 1. The molecule has 0 atom stereocenters. The molecule has 0 aliphatic heterocycles. The molecule has 0 saturated carbocycles. The number of pyridine rings is 1. The summed E-state index contributed by atoms with van der Waals surface area (Å²) in [7, 11) is 0. The molecule has 3 heterocycles. The van der Waals surface area contributed by atoms with Crippen LogP contribution in [0, 0.1) is 6.92 Å². The monoisotopic (exact) mass is 499 g/mol. The highest BCUT2D eigenvalue weighted by molar-refractivity contribution is 7.16. The van der Waals surface area contributed by atoms with E-state index < -0.39 is 0 Å². The van der Waals surface area contributed by atoms with Gasteiger partial charge in [-0.1, -0.05) is 59.9 Å². The van der Waals surface area contributed by atoms with Crippen molar-refractivity contribution in [3.63, 3.8) is 0 Å². The van der Waals surface area contributed by atoms with E-state index in [1.165, 1.54) is 10.6 Å². The van der Waals surface area contributed by atoms with Crippen molar-refractivity contribution in [2.75, 3.05) is 0 Å². The van der Waals surface area contributed by atoms with E-state index in [0.717, 1.165) is 22.5 Å². The molecule has 36 heavy (non-hydrogen) atoms. The van der Waals surface area contributed by atoms with E-state index in [-0.39, 0.29) is 18.1 Å². The molecule has 9 nitrogen and oxygen atoms in total. The molecule has 5 rings (SSSR count). The third kappa shape index (κ3) is 5.23. The van der Waals surface area contributed by atoms with E-state index in [0.29, 0.717) is 39.8 Å². The van der Waals surface area contributed by atoms with Gasteiger partial charge in [-0.05, 0) is 30.7 Å². The van der Waals surface area contributed by atoms with Gasteiger partial charge in [0.15, 0.2) is 11.7 Å². The minimum Gasteiger partial charge on any atom is -0.484 e. The number of rotatable bonds is 8. The summed E-state index contributed by atoms with van der Waals surface area (Å²) in [5, 5.41) is 11.3. The molecule has 0 aliphatic rings. The number of benzene rings is 2. The van der Waals surface area contributed by atoms with Crippen LogP contribution in [-0.4, -0.2) is 25.7 Å². The van der Waals surface area contributed by atoms with Gasteiger partial charge < -0.3 is 14.5 Å². The van der Waals surface area contributed by atoms with Crippen molar-refractivity contribution in [1.29, 1.82) is 0 Å². The molecule has 0 unspecified atom stereocenters. The number of hydrogen-bond acceptors (Lipinski definition) is 8. The van der Waals surface area contributed by atoms with Crippen molar-refractivity contribution in [2.45, 2.75) is 20.1 Å². The van der Waals surface area contributed by atoms with Crippen LogP contribution >= 0.6 is 11.3 Å². The molecule has 0 radical (unpaired) electrons. The number of hydrogen-bond donors (Lipinski definition) is 1. The molecular weight excluding hydrogens is 478 g/mol. The van der Waals surface area contributed by atoms with Crippen molar-refractivity contribution in [1.82, 2.24) is 25.1 Å². The lowest BCUT2D eigenvalue weighted by atomic mass is 10.2. The van der Waals surface area contributed by atoms with Crippen LogP contribution < -0.4 is 15.6 Å². The fourth-order valence-corrected chi connectivity index (χ4v) is 4.39. The van der Waals surface area contributed by atoms with Gasteiger partial charge in [-0.2, -0.15) is 0 Å². The van der Waals surface area contributed by atoms with Crippen molar-refractivity contribution in [2.24, 2.45) is 0 Å². The Morgan fingerprint density at radius 2 is 1.81 bits per heavy atom. The first kappa shape index (κ1) is 23.2. The first-order valence-corrected chi connectivity index (χ1v) is 11.9. The second-order valence-corrected chi connectivity index (χ2v) is 8.78. The molecule has 3 aromatic heterocycles. The third-order valence-electron chi connectivity index (χ3n) is 5.23. The summed E-state index contributed by atoms with van der Waals surface area (Å²) in [6.45, 7) is 2.17. The number of nitrogens with zero attached hydrogens (tertiary/aromatic N) is 4. The molecule has 0 bridgehead atoms. The van der Waals surface area contributed by atoms with Crippen LogP contribution in [-0.2, 0) is 13.2 Å². The van der Waals surface area contributed by atoms with Crippen molar-refractivity contribution >= 4 is 17.2 Å². The summed E-state index contributed by atoms with van der Waals surface area (Å²) in [5.41, 5.74) is 2.02. The molecule has 1 N–H and O–H groups in total. The van der Waals surface area contributed by atoms with Gasteiger partial charge in [-0.15, -0.1) is 10.2 Å². The van der Waals surface area contributed by atoms with Crippen molar-refractivity contribution in [3.8, 4) is 22.3 Å². The second kappa shape index (κ2) is 10.4. The van der Waals surface area contributed by atoms with Gasteiger partial charge in [0.05, 0.1) is 5.69 Å². The highest BCUT2D eigenvalue weighted by Crippen LogP contribution is 2.22. The molecule has 2 aromatic carbocycles. The van der Waals surface area contributed by atoms with Crippen LogP contribution in [0.3, 0.4) is 0 Å². The fourth-order valence-electron chi connectivity index (χ4n) is 3.42. The lowest BCUT2D eigenvalue weighted by Crippen LogP contribution is -2.22. The molecular formula is C26H21N5O4S. The number of aromatic nitrogens is 4. The maximum absolute atomic E-state index is 12.7. The molecule has 0 fully saturated rings. The average Bonchev–Trinajstić information content (AvgIpc) is 3.54. The molecule has 0 saturated heterocycles. The quantitative estimate of drug-likeness (QED) is 0.341. The third-order valence-corrected chi connectivity index (χ3v) is 6.39. The average molecular weight is 500 g/mol. The maximum atomic E-state index is 12.7. The van der Waals surface area contributed by atoms with Crippen LogP contribution in [0.4, 0.5) is 0 Å². The number of thiazole rings is 1. The maximum Gasteiger partial charge on any atom is 0.263 e. The Morgan fingerprint density at radius 3 is 2.56 bits per heavy atom. The minimum atomic E-state index is -0.340. The second-order valence-electron chi connectivity index (χ2n) is 7.81. The zero-order valence-electron chi connectivity index (χ0n) is 19.2. The van der Waals surface area contributed by atoms with Crippen LogP contribution in [0.1, 0.15) is 26.8 Å². The lowest BCUT2D eigenvalue weighted by Gasteiger charge is -2.05. The normalized spacial score (nSPS) is 10.8. The summed E-state index contributed by atoms with van der Waals surface area (Å²) in [4.78, 5) is 30.3. The van der Waals surface area contributed by atoms with Gasteiger partial charge in [-0.3, -0.25) is 14.2 Å². The highest BCUT2D eigenvalue weighted by Gasteiger charge is 2.17. The largest absolute Gasteiger partial charge is 0.484 e. The van der Waals surface area contributed by atoms with Gasteiger partial charge in [0.25, 0.3) is 17.4 Å².